The Kier molecular flexibility index (Phi) is 5.16. The number of hydrogen-bond acceptors (Lipinski definition) is 3. The fraction of sp³-hybridized carbons (Fsp3) is 0.750. The molecular formula is C12H22BrN3O. The molecule has 0 saturated carbocycles. The Labute approximate surface area is 112 Å². The molecule has 0 saturated heterocycles. The molecule has 1 atom stereocenters. The van der Waals surface area contributed by atoms with Crippen LogP contribution in [-0.2, 0) is 13.5 Å². The second-order valence-electron chi connectivity index (χ2n) is 4.82. The first-order valence-electron chi connectivity index (χ1n) is 5.98. The smallest absolute Gasteiger partial charge is 0.0799 e. The van der Waals surface area contributed by atoms with E-state index >= 15 is 0 Å². The largest absolute Gasteiger partial charge is 0.388 e. The highest BCUT2D eigenvalue weighted by Crippen LogP contribution is 2.24. The van der Waals surface area contributed by atoms with E-state index in [-0.39, 0.29) is 0 Å². The van der Waals surface area contributed by atoms with Crippen LogP contribution >= 0.6 is 15.9 Å². The van der Waals surface area contributed by atoms with Crippen molar-refractivity contribution < 1.29 is 5.11 Å². The topological polar surface area (TPSA) is 50.1 Å². The van der Waals surface area contributed by atoms with Gasteiger partial charge >= 0.3 is 0 Å². The number of aliphatic hydroxyl groups is 1. The zero-order valence-electron chi connectivity index (χ0n) is 11.0. The van der Waals surface area contributed by atoms with Gasteiger partial charge in [0.05, 0.1) is 21.5 Å². The van der Waals surface area contributed by atoms with Crippen molar-refractivity contribution in [1.29, 1.82) is 0 Å². The first-order chi connectivity index (χ1) is 7.87. The maximum absolute atomic E-state index is 10.3. The molecule has 1 aromatic heterocycles. The predicted octanol–water partition coefficient (Wildman–Crippen LogP) is 1.78. The summed E-state index contributed by atoms with van der Waals surface area (Å²) in [5.74, 6) is 0. The molecule has 5 heteroatoms. The van der Waals surface area contributed by atoms with Gasteiger partial charge < -0.3 is 10.4 Å². The van der Waals surface area contributed by atoms with Gasteiger partial charge in [0, 0.05) is 20.0 Å². The van der Waals surface area contributed by atoms with E-state index in [1.54, 1.807) is 0 Å². The molecule has 0 aliphatic heterocycles. The van der Waals surface area contributed by atoms with Gasteiger partial charge in [-0.3, -0.25) is 4.68 Å². The minimum Gasteiger partial charge on any atom is -0.388 e. The number of aryl methyl sites for hydroxylation is 2. The SMILES string of the molecule is CCCNCC(C)(O)Cc1c(Br)c(C)nn1C. The van der Waals surface area contributed by atoms with Crippen molar-refractivity contribution in [3.8, 4) is 0 Å². The standard InChI is InChI=1S/C12H22BrN3O/c1-5-6-14-8-12(3,17)7-10-11(13)9(2)15-16(10)4/h14,17H,5-8H2,1-4H3. The lowest BCUT2D eigenvalue weighted by Crippen LogP contribution is -2.40. The average Bonchev–Trinajstić information content (AvgIpc) is 2.45. The van der Waals surface area contributed by atoms with Crippen molar-refractivity contribution >= 4 is 15.9 Å². The molecule has 2 N–H and O–H groups in total. The van der Waals surface area contributed by atoms with Crippen molar-refractivity contribution in [1.82, 2.24) is 15.1 Å². The minimum absolute atomic E-state index is 0.585. The summed E-state index contributed by atoms with van der Waals surface area (Å²) in [6, 6.07) is 0. The molecule has 0 bridgehead atoms. The number of hydrogen-bond donors (Lipinski definition) is 2. The molecule has 1 rings (SSSR count). The molecule has 1 heterocycles. The first kappa shape index (κ1) is 14.7. The molecule has 0 amide bonds. The first-order valence-corrected chi connectivity index (χ1v) is 6.77. The quantitative estimate of drug-likeness (QED) is 0.788. The van der Waals surface area contributed by atoms with Gasteiger partial charge in [-0.25, -0.2) is 0 Å². The van der Waals surface area contributed by atoms with Gasteiger partial charge in [-0.1, -0.05) is 6.92 Å². The van der Waals surface area contributed by atoms with Crippen molar-refractivity contribution in [2.75, 3.05) is 13.1 Å². The molecule has 0 aromatic carbocycles. The normalized spacial score (nSPS) is 14.9. The highest BCUT2D eigenvalue weighted by Gasteiger charge is 2.24. The Balaban J connectivity index is 2.68. The van der Waals surface area contributed by atoms with Gasteiger partial charge in [-0.15, -0.1) is 0 Å². The second kappa shape index (κ2) is 5.98. The lowest BCUT2D eigenvalue weighted by atomic mass is 10.00. The van der Waals surface area contributed by atoms with Gasteiger partial charge in [0.1, 0.15) is 0 Å². The summed E-state index contributed by atoms with van der Waals surface area (Å²) in [6.07, 6.45) is 1.66. The summed E-state index contributed by atoms with van der Waals surface area (Å²) < 4.78 is 2.82. The zero-order chi connectivity index (χ0) is 13.1. The minimum atomic E-state index is -0.752. The van der Waals surface area contributed by atoms with E-state index in [1.165, 1.54) is 0 Å². The van der Waals surface area contributed by atoms with Gasteiger partial charge in [0.25, 0.3) is 0 Å². The summed E-state index contributed by atoms with van der Waals surface area (Å²) in [5, 5.41) is 17.9. The van der Waals surface area contributed by atoms with Crippen LogP contribution in [0.4, 0.5) is 0 Å². The maximum Gasteiger partial charge on any atom is 0.0799 e. The summed E-state index contributed by atoms with van der Waals surface area (Å²) in [4.78, 5) is 0. The van der Waals surface area contributed by atoms with Crippen LogP contribution in [0.3, 0.4) is 0 Å². The molecule has 4 nitrogen and oxygen atoms in total. The Bertz CT molecular complexity index is 374. The molecule has 1 aromatic rings. The molecule has 98 valence electrons. The molecule has 0 aliphatic rings. The Morgan fingerprint density at radius 2 is 2.18 bits per heavy atom. The fourth-order valence-electron chi connectivity index (χ4n) is 1.83. The van der Waals surface area contributed by atoms with Crippen LogP contribution in [0.15, 0.2) is 4.47 Å². The predicted molar refractivity (Wildman–Crippen MR) is 73.1 cm³/mol. The monoisotopic (exact) mass is 303 g/mol. The van der Waals surface area contributed by atoms with Gasteiger partial charge in [-0.2, -0.15) is 5.10 Å². The van der Waals surface area contributed by atoms with Gasteiger partial charge in [-0.05, 0) is 42.7 Å². The number of nitrogens with zero attached hydrogens (tertiary/aromatic N) is 2. The third-order valence-electron chi connectivity index (χ3n) is 2.74. The van der Waals surface area contributed by atoms with E-state index in [2.05, 4.69) is 33.3 Å². The maximum atomic E-state index is 10.3. The van der Waals surface area contributed by atoms with Crippen molar-refractivity contribution in [2.45, 2.75) is 39.2 Å². The molecule has 17 heavy (non-hydrogen) atoms. The molecule has 0 fully saturated rings. The van der Waals surface area contributed by atoms with E-state index in [4.69, 9.17) is 0 Å². The lowest BCUT2D eigenvalue weighted by Gasteiger charge is -2.24. The van der Waals surface area contributed by atoms with Crippen LogP contribution in [-0.4, -0.2) is 33.6 Å². The average molecular weight is 304 g/mol. The summed E-state index contributed by atoms with van der Waals surface area (Å²) in [6.45, 7) is 7.45. The summed E-state index contributed by atoms with van der Waals surface area (Å²) in [7, 11) is 1.91. The third kappa shape index (κ3) is 4.08. The summed E-state index contributed by atoms with van der Waals surface area (Å²) in [5.41, 5.74) is 1.24. The molecule has 0 spiro atoms. The van der Waals surface area contributed by atoms with Crippen LogP contribution < -0.4 is 5.32 Å². The second-order valence-corrected chi connectivity index (χ2v) is 5.61. The number of halogens is 1. The fourth-order valence-corrected chi connectivity index (χ4v) is 2.31. The lowest BCUT2D eigenvalue weighted by molar-refractivity contribution is 0.0583. The molecule has 0 aliphatic carbocycles. The third-order valence-corrected chi connectivity index (χ3v) is 3.77. The number of nitrogens with one attached hydrogen (secondary N) is 1. The van der Waals surface area contributed by atoms with Gasteiger partial charge in [0.15, 0.2) is 0 Å². The van der Waals surface area contributed by atoms with Crippen LogP contribution in [0, 0.1) is 6.92 Å². The highest BCUT2D eigenvalue weighted by molar-refractivity contribution is 9.10. The van der Waals surface area contributed by atoms with E-state index < -0.39 is 5.60 Å². The van der Waals surface area contributed by atoms with Crippen LogP contribution in [0.5, 0.6) is 0 Å². The van der Waals surface area contributed by atoms with Gasteiger partial charge in [0.2, 0.25) is 0 Å². The van der Waals surface area contributed by atoms with Crippen molar-refractivity contribution in [3.63, 3.8) is 0 Å². The highest BCUT2D eigenvalue weighted by atomic mass is 79.9. The van der Waals surface area contributed by atoms with E-state index in [0.29, 0.717) is 13.0 Å². The molecular weight excluding hydrogens is 282 g/mol. The van der Waals surface area contributed by atoms with E-state index in [0.717, 1.165) is 28.8 Å². The number of rotatable bonds is 6. The van der Waals surface area contributed by atoms with Crippen LogP contribution in [0.1, 0.15) is 31.7 Å². The Morgan fingerprint density at radius 3 is 2.65 bits per heavy atom. The molecule has 1 unspecified atom stereocenters. The van der Waals surface area contributed by atoms with Crippen molar-refractivity contribution in [3.05, 3.63) is 15.9 Å². The van der Waals surface area contributed by atoms with E-state index in [1.807, 2.05) is 25.6 Å². The van der Waals surface area contributed by atoms with Crippen LogP contribution in [0.2, 0.25) is 0 Å². The zero-order valence-corrected chi connectivity index (χ0v) is 12.6. The Morgan fingerprint density at radius 1 is 1.53 bits per heavy atom. The molecule has 0 radical (unpaired) electrons. The summed E-state index contributed by atoms with van der Waals surface area (Å²) >= 11 is 3.52. The Hall–Kier alpha value is -0.390. The van der Waals surface area contributed by atoms with Crippen LogP contribution in [0.25, 0.3) is 0 Å². The van der Waals surface area contributed by atoms with E-state index in [9.17, 15) is 5.11 Å². The van der Waals surface area contributed by atoms with Crippen molar-refractivity contribution in [2.24, 2.45) is 7.05 Å². The number of aromatic nitrogens is 2.